The van der Waals surface area contributed by atoms with Crippen molar-refractivity contribution in [3.8, 4) is 11.5 Å². The monoisotopic (exact) mass is 184 g/mol. The fourth-order valence-electron chi connectivity index (χ4n) is 1.04. The van der Waals surface area contributed by atoms with E-state index in [9.17, 15) is 4.39 Å². The van der Waals surface area contributed by atoms with E-state index in [1.807, 2.05) is 13.8 Å². The lowest BCUT2D eigenvalue weighted by Crippen LogP contribution is -1.95. The fraction of sp³-hybridized carbons (Fsp3) is 0.400. The van der Waals surface area contributed by atoms with Crippen LogP contribution < -0.4 is 9.47 Å². The van der Waals surface area contributed by atoms with Crippen LogP contribution in [0.25, 0.3) is 0 Å². The van der Waals surface area contributed by atoms with Crippen molar-refractivity contribution in [3.05, 3.63) is 24.0 Å². The van der Waals surface area contributed by atoms with Crippen LogP contribution >= 0.6 is 0 Å². The molecule has 1 rings (SSSR count). The van der Waals surface area contributed by atoms with Gasteiger partial charge in [0.25, 0.3) is 0 Å². The molecule has 0 spiro atoms. The summed E-state index contributed by atoms with van der Waals surface area (Å²) in [6.07, 6.45) is 0. The van der Waals surface area contributed by atoms with Crippen molar-refractivity contribution in [2.45, 2.75) is 13.8 Å². The topological polar surface area (TPSA) is 18.5 Å². The van der Waals surface area contributed by atoms with E-state index >= 15 is 0 Å². The first-order valence-corrected chi connectivity index (χ1v) is 4.32. The van der Waals surface area contributed by atoms with Gasteiger partial charge >= 0.3 is 0 Å². The Morgan fingerprint density at radius 3 is 1.85 bits per heavy atom. The molecule has 0 atom stereocenters. The Bertz CT molecular complexity index is 249. The van der Waals surface area contributed by atoms with Crippen molar-refractivity contribution in [2.24, 2.45) is 0 Å². The minimum Gasteiger partial charge on any atom is -0.494 e. The predicted molar refractivity (Wildman–Crippen MR) is 48.7 cm³/mol. The predicted octanol–water partition coefficient (Wildman–Crippen LogP) is 2.62. The van der Waals surface area contributed by atoms with Gasteiger partial charge < -0.3 is 9.47 Å². The van der Waals surface area contributed by atoms with Crippen molar-refractivity contribution in [3.63, 3.8) is 0 Å². The summed E-state index contributed by atoms with van der Waals surface area (Å²) in [7, 11) is 0. The Labute approximate surface area is 77.3 Å². The van der Waals surface area contributed by atoms with Crippen molar-refractivity contribution in [2.75, 3.05) is 13.2 Å². The third-order valence-corrected chi connectivity index (χ3v) is 1.47. The van der Waals surface area contributed by atoms with Gasteiger partial charge in [0.1, 0.15) is 17.3 Å². The van der Waals surface area contributed by atoms with Crippen LogP contribution in [0.15, 0.2) is 18.2 Å². The summed E-state index contributed by atoms with van der Waals surface area (Å²) in [6.45, 7) is 4.75. The first kappa shape index (κ1) is 9.84. The molecule has 0 saturated heterocycles. The minimum atomic E-state index is -0.339. The molecule has 0 aromatic heterocycles. The molecule has 3 heteroatoms. The molecule has 0 unspecified atom stereocenters. The van der Waals surface area contributed by atoms with Crippen LogP contribution in [-0.2, 0) is 0 Å². The van der Waals surface area contributed by atoms with Crippen molar-refractivity contribution >= 4 is 0 Å². The van der Waals surface area contributed by atoms with Gasteiger partial charge in [0, 0.05) is 18.2 Å². The molecular formula is C10H13FO2. The summed E-state index contributed by atoms with van der Waals surface area (Å²) in [5, 5.41) is 0. The molecule has 2 nitrogen and oxygen atoms in total. The van der Waals surface area contributed by atoms with Gasteiger partial charge in [0.05, 0.1) is 13.2 Å². The van der Waals surface area contributed by atoms with Gasteiger partial charge in [-0.1, -0.05) is 0 Å². The average molecular weight is 184 g/mol. The zero-order chi connectivity index (χ0) is 9.68. The molecule has 1 aromatic carbocycles. The van der Waals surface area contributed by atoms with Gasteiger partial charge in [-0.25, -0.2) is 4.39 Å². The van der Waals surface area contributed by atoms with Crippen molar-refractivity contribution in [1.29, 1.82) is 0 Å². The Hall–Kier alpha value is -1.25. The summed E-state index contributed by atoms with van der Waals surface area (Å²) >= 11 is 0. The molecule has 0 aliphatic rings. The van der Waals surface area contributed by atoms with E-state index in [0.717, 1.165) is 0 Å². The number of hydrogen-bond acceptors (Lipinski definition) is 2. The van der Waals surface area contributed by atoms with E-state index in [2.05, 4.69) is 0 Å². The van der Waals surface area contributed by atoms with E-state index in [-0.39, 0.29) is 5.82 Å². The van der Waals surface area contributed by atoms with Crippen LogP contribution in [0.3, 0.4) is 0 Å². The molecule has 0 aliphatic heterocycles. The SMILES string of the molecule is CCOc1cc(F)cc(OCC)c1. The second kappa shape index (κ2) is 4.70. The highest BCUT2D eigenvalue weighted by atomic mass is 19.1. The van der Waals surface area contributed by atoms with Crippen LogP contribution in [0.5, 0.6) is 11.5 Å². The first-order chi connectivity index (χ1) is 6.26. The molecule has 0 saturated carbocycles. The van der Waals surface area contributed by atoms with Gasteiger partial charge in [-0.3, -0.25) is 0 Å². The summed E-state index contributed by atoms with van der Waals surface area (Å²) in [4.78, 5) is 0. The Kier molecular flexibility index (Phi) is 3.55. The zero-order valence-electron chi connectivity index (χ0n) is 7.84. The smallest absolute Gasteiger partial charge is 0.130 e. The normalized spacial score (nSPS) is 9.77. The van der Waals surface area contributed by atoms with Crippen molar-refractivity contribution < 1.29 is 13.9 Å². The molecule has 72 valence electrons. The lowest BCUT2D eigenvalue weighted by Gasteiger charge is -2.06. The molecule has 0 amide bonds. The van der Waals surface area contributed by atoms with Gasteiger partial charge in [0.15, 0.2) is 0 Å². The van der Waals surface area contributed by atoms with Gasteiger partial charge in [-0.2, -0.15) is 0 Å². The molecule has 0 radical (unpaired) electrons. The summed E-state index contributed by atoms with van der Waals surface area (Å²) in [5.74, 6) is 0.673. The van der Waals surface area contributed by atoms with E-state index < -0.39 is 0 Å². The number of hydrogen-bond donors (Lipinski definition) is 0. The van der Waals surface area contributed by atoms with Crippen LogP contribution in [0.1, 0.15) is 13.8 Å². The lowest BCUT2D eigenvalue weighted by molar-refractivity contribution is 0.319. The second-order valence-corrected chi connectivity index (χ2v) is 2.49. The standard InChI is InChI=1S/C10H13FO2/c1-3-12-9-5-8(11)6-10(7-9)13-4-2/h5-7H,3-4H2,1-2H3. The quantitative estimate of drug-likeness (QED) is 0.716. The molecule has 0 aliphatic carbocycles. The van der Waals surface area contributed by atoms with Gasteiger partial charge in [0.2, 0.25) is 0 Å². The number of benzene rings is 1. The third-order valence-electron chi connectivity index (χ3n) is 1.47. The number of halogens is 1. The Balaban J connectivity index is 2.83. The highest BCUT2D eigenvalue weighted by Gasteiger charge is 2.01. The van der Waals surface area contributed by atoms with Crippen molar-refractivity contribution in [1.82, 2.24) is 0 Å². The third kappa shape index (κ3) is 2.93. The minimum absolute atomic E-state index is 0.339. The summed E-state index contributed by atoms with van der Waals surface area (Å²) < 4.78 is 23.2. The molecule has 0 N–H and O–H groups in total. The zero-order valence-corrected chi connectivity index (χ0v) is 7.84. The van der Waals surface area contributed by atoms with Crippen LogP contribution in [0.2, 0.25) is 0 Å². The van der Waals surface area contributed by atoms with E-state index in [1.165, 1.54) is 12.1 Å². The molecule has 0 bridgehead atoms. The second-order valence-electron chi connectivity index (χ2n) is 2.49. The maximum absolute atomic E-state index is 12.9. The van der Waals surface area contributed by atoms with Crippen LogP contribution in [0, 0.1) is 5.82 Å². The molecule has 1 aromatic rings. The maximum Gasteiger partial charge on any atom is 0.130 e. The lowest BCUT2D eigenvalue weighted by atomic mass is 10.3. The van der Waals surface area contributed by atoms with Gasteiger partial charge in [-0.15, -0.1) is 0 Å². The van der Waals surface area contributed by atoms with E-state index in [1.54, 1.807) is 6.07 Å². The summed E-state index contributed by atoms with van der Waals surface area (Å²) in [5.41, 5.74) is 0. The molecule has 0 heterocycles. The van der Waals surface area contributed by atoms with Gasteiger partial charge in [-0.05, 0) is 13.8 Å². The maximum atomic E-state index is 12.9. The Morgan fingerprint density at radius 1 is 1.00 bits per heavy atom. The number of rotatable bonds is 4. The van der Waals surface area contributed by atoms with Crippen LogP contribution in [-0.4, -0.2) is 13.2 Å². The van der Waals surface area contributed by atoms with Crippen LogP contribution in [0.4, 0.5) is 4.39 Å². The highest BCUT2D eigenvalue weighted by molar-refractivity contribution is 5.33. The number of ether oxygens (including phenoxy) is 2. The molecule has 13 heavy (non-hydrogen) atoms. The Morgan fingerprint density at radius 2 is 1.46 bits per heavy atom. The van der Waals surface area contributed by atoms with E-state index in [4.69, 9.17) is 9.47 Å². The first-order valence-electron chi connectivity index (χ1n) is 4.32. The molecule has 0 fully saturated rings. The fourth-order valence-corrected chi connectivity index (χ4v) is 1.04. The average Bonchev–Trinajstić information content (AvgIpc) is 2.04. The highest BCUT2D eigenvalue weighted by Crippen LogP contribution is 2.21. The summed E-state index contributed by atoms with van der Waals surface area (Å²) in [6, 6.07) is 4.36. The molecular weight excluding hydrogens is 171 g/mol. The largest absolute Gasteiger partial charge is 0.494 e. The van der Waals surface area contributed by atoms with E-state index in [0.29, 0.717) is 24.7 Å².